The van der Waals surface area contributed by atoms with Gasteiger partial charge in [-0.25, -0.2) is 4.79 Å². The first-order chi connectivity index (χ1) is 9.52. The summed E-state index contributed by atoms with van der Waals surface area (Å²) in [5.41, 5.74) is 0.728. The average molecular weight is 278 g/mol. The number of ether oxygens (including phenoxy) is 1. The van der Waals surface area contributed by atoms with Crippen LogP contribution in [0.5, 0.6) is 0 Å². The molecule has 1 aromatic carbocycles. The van der Waals surface area contributed by atoms with Crippen molar-refractivity contribution in [3.63, 3.8) is 0 Å². The molecule has 1 atom stereocenters. The molecule has 2 rings (SSSR count). The Morgan fingerprint density at radius 3 is 2.65 bits per heavy atom. The predicted octanol–water partition coefficient (Wildman–Crippen LogP) is 1.26. The number of carbonyl (C=O) groups is 2. The second-order valence-corrected chi connectivity index (χ2v) is 4.52. The van der Waals surface area contributed by atoms with Crippen LogP contribution >= 0.6 is 0 Å². The van der Waals surface area contributed by atoms with Gasteiger partial charge < -0.3 is 9.64 Å². The van der Waals surface area contributed by atoms with Crippen LogP contribution in [0.2, 0.25) is 0 Å². The molecule has 1 saturated heterocycles. The Balaban J connectivity index is 2.12. The Morgan fingerprint density at radius 1 is 1.45 bits per heavy atom. The molecule has 0 saturated carbocycles. The summed E-state index contributed by atoms with van der Waals surface area (Å²) >= 11 is 0. The predicted molar refractivity (Wildman–Crippen MR) is 68.7 cm³/mol. The summed E-state index contributed by atoms with van der Waals surface area (Å²) in [6.07, 6.45) is 0.755. The van der Waals surface area contributed by atoms with Crippen LogP contribution in [-0.2, 0) is 20.9 Å². The van der Waals surface area contributed by atoms with Crippen molar-refractivity contribution in [3.8, 4) is 0 Å². The Kier molecular flexibility index (Phi) is 3.97. The highest BCUT2D eigenvalue weighted by Gasteiger charge is 2.36. The summed E-state index contributed by atoms with van der Waals surface area (Å²) < 4.78 is 4.68. The van der Waals surface area contributed by atoms with Gasteiger partial charge in [0.25, 0.3) is 5.69 Å². The standard InChI is InChI=1S/C13H14N2O5/c1-20-13(17)11-6-7-12(16)14(11)8-9-2-4-10(5-3-9)15(18)19/h2-5,11H,6-8H2,1H3. The zero-order chi connectivity index (χ0) is 14.7. The van der Waals surface area contributed by atoms with Gasteiger partial charge in [-0.2, -0.15) is 0 Å². The zero-order valence-electron chi connectivity index (χ0n) is 10.9. The topological polar surface area (TPSA) is 89.8 Å². The number of nitro groups is 1. The fraction of sp³-hybridized carbons (Fsp3) is 0.385. The second-order valence-electron chi connectivity index (χ2n) is 4.52. The van der Waals surface area contributed by atoms with E-state index in [0.29, 0.717) is 12.8 Å². The number of nitro benzene ring substituents is 1. The third kappa shape index (κ3) is 2.76. The van der Waals surface area contributed by atoms with Crippen LogP contribution in [0, 0.1) is 10.1 Å². The smallest absolute Gasteiger partial charge is 0.328 e. The Morgan fingerprint density at radius 2 is 2.10 bits per heavy atom. The highest BCUT2D eigenvalue weighted by atomic mass is 16.6. The minimum atomic E-state index is -0.567. The van der Waals surface area contributed by atoms with Gasteiger partial charge in [0, 0.05) is 25.1 Å². The van der Waals surface area contributed by atoms with Crippen molar-refractivity contribution in [1.29, 1.82) is 0 Å². The summed E-state index contributed by atoms with van der Waals surface area (Å²) in [5, 5.41) is 10.6. The molecule has 1 aliphatic heterocycles. The van der Waals surface area contributed by atoms with Crippen LogP contribution in [-0.4, -0.2) is 34.9 Å². The summed E-state index contributed by atoms with van der Waals surface area (Å²) in [7, 11) is 1.29. The van der Waals surface area contributed by atoms with Crippen molar-refractivity contribution in [3.05, 3.63) is 39.9 Å². The Bertz CT molecular complexity index is 540. The van der Waals surface area contributed by atoms with E-state index in [9.17, 15) is 19.7 Å². The highest BCUT2D eigenvalue weighted by molar-refractivity contribution is 5.88. The molecule has 20 heavy (non-hydrogen) atoms. The van der Waals surface area contributed by atoms with Gasteiger partial charge >= 0.3 is 5.97 Å². The number of esters is 1. The van der Waals surface area contributed by atoms with Gasteiger partial charge in [-0.3, -0.25) is 14.9 Å². The molecule has 0 radical (unpaired) electrons. The lowest BCUT2D eigenvalue weighted by atomic mass is 10.1. The van der Waals surface area contributed by atoms with E-state index in [1.807, 2.05) is 0 Å². The molecule has 0 bridgehead atoms. The average Bonchev–Trinajstić information content (AvgIpc) is 2.80. The van der Waals surface area contributed by atoms with Crippen molar-refractivity contribution in [2.75, 3.05) is 7.11 Å². The number of methoxy groups -OCH3 is 1. The normalized spacial score (nSPS) is 18.1. The van der Waals surface area contributed by atoms with E-state index in [0.717, 1.165) is 5.56 Å². The van der Waals surface area contributed by atoms with Gasteiger partial charge in [0.05, 0.1) is 12.0 Å². The molecule has 7 nitrogen and oxygen atoms in total. The largest absolute Gasteiger partial charge is 0.467 e. The number of nitrogens with zero attached hydrogens (tertiary/aromatic N) is 2. The van der Waals surface area contributed by atoms with Crippen molar-refractivity contribution in [1.82, 2.24) is 4.90 Å². The lowest BCUT2D eigenvalue weighted by Gasteiger charge is -2.22. The third-order valence-corrected chi connectivity index (χ3v) is 3.30. The van der Waals surface area contributed by atoms with Crippen LogP contribution in [0.1, 0.15) is 18.4 Å². The molecule has 1 aromatic rings. The zero-order valence-corrected chi connectivity index (χ0v) is 10.9. The Hall–Kier alpha value is -2.44. The molecule has 0 aromatic heterocycles. The van der Waals surface area contributed by atoms with Gasteiger partial charge in [0.2, 0.25) is 5.91 Å². The lowest BCUT2D eigenvalue weighted by Crippen LogP contribution is -2.38. The van der Waals surface area contributed by atoms with Gasteiger partial charge in [-0.05, 0) is 12.0 Å². The number of non-ortho nitro benzene ring substituents is 1. The lowest BCUT2D eigenvalue weighted by molar-refractivity contribution is -0.384. The fourth-order valence-electron chi connectivity index (χ4n) is 2.23. The first kappa shape index (κ1) is 14.0. The van der Waals surface area contributed by atoms with E-state index in [1.54, 1.807) is 12.1 Å². The Labute approximate surface area is 115 Å². The maximum absolute atomic E-state index is 11.8. The molecule has 0 aliphatic carbocycles. The third-order valence-electron chi connectivity index (χ3n) is 3.30. The van der Waals surface area contributed by atoms with Gasteiger partial charge in [-0.15, -0.1) is 0 Å². The molecule has 1 heterocycles. The molecule has 1 unspecified atom stereocenters. The van der Waals surface area contributed by atoms with E-state index in [4.69, 9.17) is 0 Å². The van der Waals surface area contributed by atoms with Crippen molar-refractivity contribution < 1.29 is 19.2 Å². The molecular formula is C13H14N2O5. The molecule has 0 N–H and O–H groups in total. The second kappa shape index (κ2) is 5.68. The fourth-order valence-corrected chi connectivity index (χ4v) is 2.23. The molecule has 1 aliphatic rings. The molecule has 1 amide bonds. The van der Waals surface area contributed by atoms with Crippen LogP contribution in [0.4, 0.5) is 5.69 Å². The van der Waals surface area contributed by atoms with Crippen LogP contribution in [0.15, 0.2) is 24.3 Å². The number of likely N-dealkylation sites (tertiary alicyclic amines) is 1. The number of benzene rings is 1. The summed E-state index contributed by atoms with van der Waals surface area (Å²) in [6.45, 7) is 0.247. The van der Waals surface area contributed by atoms with Crippen LogP contribution in [0.25, 0.3) is 0 Å². The van der Waals surface area contributed by atoms with Gasteiger partial charge in [-0.1, -0.05) is 12.1 Å². The molecular weight excluding hydrogens is 264 g/mol. The maximum Gasteiger partial charge on any atom is 0.328 e. The minimum absolute atomic E-state index is 0.00832. The molecule has 106 valence electrons. The van der Waals surface area contributed by atoms with E-state index in [-0.39, 0.29) is 18.1 Å². The van der Waals surface area contributed by atoms with Crippen molar-refractivity contribution in [2.45, 2.75) is 25.4 Å². The summed E-state index contributed by atoms with van der Waals surface area (Å²) in [5.74, 6) is -0.545. The monoisotopic (exact) mass is 278 g/mol. The summed E-state index contributed by atoms with van der Waals surface area (Å²) in [4.78, 5) is 34.9. The molecule has 7 heteroatoms. The van der Waals surface area contributed by atoms with Crippen molar-refractivity contribution in [2.24, 2.45) is 0 Å². The number of hydrogen-bond donors (Lipinski definition) is 0. The van der Waals surface area contributed by atoms with E-state index in [2.05, 4.69) is 4.74 Å². The maximum atomic E-state index is 11.8. The van der Waals surface area contributed by atoms with Crippen LogP contribution in [0.3, 0.4) is 0 Å². The van der Waals surface area contributed by atoms with Gasteiger partial charge in [0.1, 0.15) is 6.04 Å². The summed E-state index contributed by atoms with van der Waals surface area (Å²) in [6, 6.07) is 5.35. The minimum Gasteiger partial charge on any atom is -0.467 e. The highest BCUT2D eigenvalue weighted by Crippen LogP contribution is 2.23. The van der Waals surface area contributed by atoms with E-state index in [1.165, 1.54) is 24.1 Å². The van der Waals surface area contributed by atoms with E-state index < -0.39 is 16.9 Å². The van der Waals surface area contributed by atoms with E-state index >= 15 is 0 Å². The van der Waals surface area contributed by atoms with Crippen molar-refractivity contribution >= 4 is 17.6 Å². The number of carbonyl (C=O) groups excluding carboxylic acids is 2. The number of amides is 1. The first-order valence-electron chi connectivity index (χ1n) is 6.13. The molecule has 1 fully saturated rings. The first-order valence-corrected chi connectivity index (χ1v) is 6.13. The SMILES string of the molecule is COC(=O)C1CCC(=O)N1Cc1ccc([N+](=O)[O-])cc1. The quantitative estimate of drug-likeness (QED) is 0.470. The number of rotatable bonds is 4. The van der Waals surface area contributed by atoms with Crippen LogP contribution < -0.4 is 0 Å². The number of hydrogen-bond acceptors (Lipinski definition) is 5. The van der Waals surface area contributed by atoms with Gasteiger partial charge in [0.15, 0.2) is 0 Å². The molecule has 0 spiro atoms.